The zero-order valence-corrected chi connectivity index (χ0v) is 11.6. The number of fused-ring (bicyclic) bond motifs is 2. The second-order valence-corrected chi connectivity index (χ2v) is 6.30. The number of hydrogen-bond donors (Lipinski definition) is 1. The van der Waals surface area contributed by atoms with Crippen molar-refractivity contribution in [3.8, 4) is 0 Å². The van der Waals surface area contributed by atoms with E-state index in [9.17, 15) is 4.39 Å². The van der Waals surface area contributed by atoms with Crippen molar-refractivity contribution in [2.24, 2.45) is 0 Å². The van der Waals surface area contributed by atoms with Crippen molar-refractivity contribution in [2.45, 2.75) is 50.5 Å². The topological polar surface area (TPSA) is 24.5 Å². The van der Waals surface area contributed by atoms with Gasteiger partial charge in [0.05, 0.1) is 17.9 Å². The van der Waals surface area contributed by atoms with Crippen LogP contribution in [0.25, 0.3) is 0 Å². The summed E-state index contributed by atoms with van der Waals surface area (Å²) in [4.78, 5) is 2.15. The van der Waals surface area contributed by atoms with E-state index in [2.05, 4.69) is 10.2 Å². The van der Waals surface area contributed by atoms with Crippen LogP contribution in [0.15, 0.2) is 18.2 Å². The average Bonchev–Trinajstić information content (AvgIpc) is 3.21. The lowest BCUT2D eigenvalue weighted by Crippen LogP contribution is -2.43. The molecular formula is C16H21FN2O. The van der Waals surface area contributed by atoms with E-state index in [0.717, 1.165) is 43.7 Å². The zero-order valence-electron chi connectivity index (χ0n) is 11.6. The quantitative estimate of drug-likeness (QED) is 0.914. The molecule has 4 rings (SSSR count). The van der Waals surface area contributed by atoms with Crippen molar-refractivity contribution >= 4 is 5.69 Å². The lowest BCUT2D eigenvalue weighted by atomic mass is 10.1. The number of nitrogens with one attached hydrogen (secondary N) is 1. The van der Waals surface area contributed by atoms with E-state index >= 15 is 0 Å². The molecule has 0 radical (unpaired) electrons. The minimum absolute atomic E-state index is 0.0959. The summed E-state index contributed by atoms with van der Waals surface area (Å²) in [5.41, 5.74) is 1.77. The van der Waals surface area contributed by atoms with Crippen LogP contribution in [0, 0.1) is 5.82 Å². The van der Waals surface area contributed by atoms with Gasteiger partial charge in [0.2, 0.25) is 0 Å². The van der Waals surface area contributed by atoms with Crippen LogP contribution >= 0.6 is 0 Å². The minimum atomic E-state index is -0.0959. The summed E-state index contributed by atoms with van der Waals surface area (Å²) in [5, 5.41) is 3.42. The predicted octanol–water partition coefficient (Wildman–Crippen LogP) is 2.45. The van der Waals surface area contributed by atoms with Crippen LogP contribution in [-0.2, 0) is 11.3 Å². The van der Waals surface area contributed by atoms with E-state index in [0.29, 0.717) is 18.2 Å². The van der Waals surface area contributed by atoms with Gasteiger partial charge in [0.25, 0.3) is 0 Å². The Hall–Kier alpha value is -1.13. The fraction of sp³-hybridized carbons (Fsp3) is 0.625. The van der Waals surface area contributed by atoms with Gasteiger partial charge in [0.1, 0.15) is 5.82 Å². The number of benzene rings is 1. The predicted molar refractivity (Wildman–Crippen MR) is 76.4 cm³/mol. The third-order valence-electron chi connectivity index (χ3n) is 4.57. The molecule has 3 fully saturated rings. The van der Waals surface area contributed by atoms with Gasteiger partial charge in [-0.3, -0.25) is 0 Å². The molecular weight excluding hydrogens is 255 g/mol. The van der Waals surface area contributed by atoms with Crippen molar-refractivity contribution in [3.63, 3.8) is 0 Å². The van der Waals surface area contributed by atoms with Crippen LogP contribution in [0.3, 0.4) is 0 Å². The van der Waals surface area contributed by atoms with Crippen molar-refractivity contribution in [3.05, 3.63) is 29.6 Å². The molecule has 20 heavy (non-hydrogen) atoms. The highest BCUT2D eigenvalue weighted by Gasteiger charge is 2.34. The molecule has 0 amide bonds. The van der Waals surface area contributed by atoms with Gasteiger partial charge in [0, 0.05) is 25.7 Å². The van der Waals surface area contributed by atoms with E-state index < -0.39 is 0 Å². The summed E-state index contributed by atoms with van der Waals surface area (Å²) in [5.74, 6) is -0.0959. The molecule has 1 aromatic rings. The molecule has 2 saturated heterocycles. The number of nitrogens with zero attached hydrogens (tertiary/aromatic N) is 1. The molecule has 2 atom stereocenters. The molecule has 1 aliphatic carbocycles. The van der Waals surface area contributed by atoms with Crippen LogP contribution in [0.4, 0.5) is 10.1 Å². The Kier molecular flexibility index (Phi) is 3.15. The first-order valence-electron chi connectivity index (χ1n) is 7.70. The van der Waals surface area contributed by atoms with Crippen molar-refractivity contribution in [1.82, 2.24) is 5.32 Å². The molecule has 3 aliphatic rings. The summed E-state index contributed by atoms with van der Waals surface area (Å²) >= 11 is 0. The largest absolute Gasteiger partial charge is 0.371 e. The first-order valence-corrected chi connectivity index (χ1v) is 7.70. The Labute approximate surface area is 119 Å². The van der Waals surface area contributed by atoms with E-state index in [1.54, 1.807) is 6.07 Å². The summed E-state index contributed by atoms with van der Waals surface area (Å²) in [6.07, 6.45) is 5.35. The minimum Gasteiger partial charge on any atom is -0.371 e. The average molecular weight is 276 g/mol. The van der Waals surface area contributed by atoms with Gasteiger partial charge in [-0.05, 0) is 43.4 Å². The molecule has 1 N–H and O–H groups in total. The molecule has 4 heteroatoms. The number of hydrogen-bond acceptors (Lipinski definition) is 3. The highest BCUT2D eigenvalue weighted by atomic mass is 19.1. The summed E-state index contributed by atoms with van der Waals surface area (Å²) < 4.78 is 20.1. The molecule has 0 spiro atoms. The van der Waals surface area contributed by atoms with Crippen LogP contribution in [0.1, 0.15) is 31.2 Å². The first-order chi connectivity index (χ1) is 9.78. The van der Waals surface area contributed by atoms with Crippen LogP contribution < -0.4 is 10.2 Å². The Morgan fingerprint density at radius 2 is 1.90 bits per heavy atom. The molecule has 108 valence electrons. The number of ether oxygens (including phenoxy) is 1. The zero-order chi connectivity index (χ0) is 13.5. The third kappa shape index (κ3) is 2.54. The molecule has 2 unspecified atom stereocenters. The van der Waals surface area contributed by atoms with E-state index in [1.807, 2.05) is 12.1 Å². The maximum Gasteiger partial charge on any atom is 0.146 e. The SMILES string of the molecule is Fc1cc(CNC2CC2)ccc1N1CC2CCC(C1)O2. The second-order valence-electron chi connectivity index (χ2n) is 6.30. The first kappa shape index (κ1) is 12.6. The Bertz CT molecular complexity index is 491. The van der Waals surface area contributed by atoms with Gasteiger partial charge in [-0.1, -0.05) is 6.07 Å². The highest BCUT2D eigenvalue weighted by Crippen LogP contribution is 2.31. The van der Waals surface area contributed by atoms with Crippen LogP contribution in [-0.4, -0.2) is 31.3 Å². The lowest BCUT2D eigenvalue weighted by Gasteiger charge is -2.34. The van der Waals surface area contributed by atoms with Gasteiger partial charge in [-0.2, -0.15) is 0 Å². The number of rotatable bonds is 4. The van der Waals surface area contributed by atoms with Crippen LogP contribution in [0.2, 0.25) is 0 Å². The smallest absolute Gasteiger partial charge is 0.146 e. The monoisotopic (exact) mass is 276 g/mol. The van der Waals surface area contributed by atoms with Crippen LogP contribution in [0.5, 0.6) is 0 Å². The fourth-order valence-electron chi connectivity index (χ4n) is 3.28. The van der Waals surface area contributed by atoms with Gasteiger partial charge >= 0.3 is 0 Å². The lowest BCUT2D eigenvalue weighted by molar-refractivity contribution is 0.0303. The Morgan fingerprint density at radius 1 is 1.15 bits per heavy atom. The van der Waals surface area contributed by atoms with Crippen molar-refractivity contribution < 1.29 is 9.13 Å². The molecule has 3 nitrogen and oxygen atoms in total. The number of anilines is 1. The molecule has 0 aromatic heterocycles. The number of halogens is 1. The standard InChI is InChI=1S/C16H21FN2O/c17-15-7-11(8-18-12-2-3-12)1-6-16(15)19-9-13-4-5-14(10-19)20-13/h1,6-7,12-14,18H,2-5,8-10H2. The fourth-order valence-corrected chi connectivity index (χ4v) is 3.28. The van der Waals surface area contributed by atoms with Crippen molar-refractivity contribution in [1.29, 1.82) is 0 Å². The Morgan fingerprint density at radius 3 is 2.55 bits per heavy atom. The van der Waals surface area contributed by atoms with Gasteiger partial charge in [-0.25, -0.2) is 4.39 Å². The van der Waals surface area contributed by atoms with E-state index in [-0.39, 0.29) is 5.82 Å². The maximum atomic E-state index is 14.3. The third-order valence-corrected chi connectivity index (χ3v) is 4.57. The molecule has 2 aliphatic heterocycles. The molecule has 2 bridgehead atoms. The summed E-state index contributed by atoms with van der Waals surface area (Å²) in [6.45, 7) is 2.43. The summed E-state index contributed by atoms with van der Waals surface area (Å²) in [7, 11) is 0. The van der Waals surface area contributed by atoms with Gasteiger partial charge in [0.15, 0.2) is 0 Å². The van der Waals surface area contributed by atoms with E-state index in [4.69, 9.17) is 4.74 Å². The summed E-state index contributed by atoms with van der Waals surface area (Å²) in [6, 6.07) is 6.32. The molecule has 1 aromatic carbocycles. The Balaban J connectivity index is 1.47. The highest BCUT2D eigenvalue weighted by molar-refractivity contribution is 5.50. The second kappa shape index (κ2) is 5.01. The molecule has 1 saturated carbocycles. The van der Waals surface area contributed by atoms with E-state index in [1.165, 1.54) is 12.8 Å². The van der Waals surface area contributed by atoms with Crippen molar-refractivity contribution in [2.75, 3.05) is 18.0 Å². The molecule has 2 heterocycles. The number of morpholine rings is 1. The van der Waals surface area contributed by atoms with Gasteiger partial charge < -0.3 is 15.0 Å². The normalized spacial score (nSPS) is 28.9. The van der Waals surface area contributed by atoms with Gasteiger partial charge in [-0.15, -0.1) is 0 Å². The maximum absolute atomic E-state index is 14.3.